The van der Waals surface area contributed by atoms with Gasteiger partial charge in [0.2, 0.25) is 0 Å². The van der Waals surface area contributed by atoms with Crippen molar-refractivity contribution in [2.45, 2.75) is 39.7 Å². The lowest BCUT2D eigenvalue weighted by Gasteiger charge is -2.05. The van der Waals surface area contributed by atoms with Crippen LogP contribution in [0.2, 0.25) is 0 Å². The van der Waals surface area contributed by atoms with Crippen molar-refractivity contribution in [1.82, 2.24) is 0 Å². The number of rotatable bonds is 7. The number of hydrogen-bond donors (Lipinski definition) is 0. The zero-order chi connectivity index (χ0) is 14.1. The van der Waals surface area contributed by atoms with Crippen molar-refractivity contribution in [3.8, 4) is 5.75 Å². The first-order valence-corrected chi connectivity index (χ1v) is 6.73. The van der Waals surface area contributed by atoms with E-state index in [9.17, 15) is 4.79 Å². The number of hydrogen-bond acceptors (Lipinski definition) is 3. The van der Waals surface area contributed by atoms with Gasteiger partial charge in [-0.3, -0.25) is 0 Å². The van der Waals surface area contributed by atoms with Crippen LogP contribution in [0.1, 0.15) is 39.2 Å². The molecule has 0 amide bonds. The average molecular weight is 262 g/mol. The van der Waals surface area contributed by atoms with Gasteiger partial charge < -0.3 is 9.47 Å². The van der Waals surface area contributed by atoms with Gasteiger partial charge in [0.05, 0.1) is 12.7 Å². The lowest BCUT2D eigenvalue weighted by molar-refractivity contribution is -0.141. The second kappa shape index (κ2) is 8.35. The second-order valence-corrected chi connectivity index (χ2v) is 4.59. The SMILES string of the molecule is CCCCOc1ccc(/C=C/C(=O)OC(C)C)cc1. The predicted molar refractivity (Wildman–Crippen MR) is 77.1 cm³/mol. The molecule has 1 aromatic rings. The molecule has 19 heavy (non-hydrogen) atoms. The molecule has 0 aliphatic heterocycles. The fraction of sp³-hybridized carbons (Fsp3) is 0.438. The molecule has 0 aromatic heterocycles. The lowest BCUT2D eigenvalue weighted by atomic mass is 10.2. The summed E-state index contributed by atoms with van der Waals surface area (Å²) in [5, 5.41) is 0. The summed E-state index contributed by atoms with van der Waals surface area (Å²) in [4.78, 5) is 11.3. The van der Waals surface area contributed by atoms with E-state index in [4.69, 9.17) is 9.47 Å². The van der Waals surface area contributed by atoms with Gasteiger partial charge in [-0.05, 0) is 44.0 Å². The van der Waals surface area contributed by atoms with Crippen molar-refractivity contribution in [2.24, 2.45) is 0 Å². The van der Waals surface area contributed by atoms with Gasteiger partial charge >= 0.3 is 5.97 Å². The summed E-state index contributed by atoms with van der Waals surface area (Å²) in [7, 11) is 0. The number of esters is 1. The van der Waals surface area contributed by atoms with Gasteiger partial charge in [0.15, 0.2) is 0 Å². The van der Waals surface area contributed by atoms with Crippen molar-refractivity contribution in [3.05, 3.63) is 35.9 Å². The Morgan fingerprint density at radius 2 is 1.95 bits per heavy atom. The van der Waals surface area contributed by atoms with Gasteiger partial charge in [-0.2, -0.15) is 0 Å². The standard InChI is InChI=1S/C16H22O3/c1-4-5-12-18-15-9-6-14(7-10-15)8-11-16(17)19-13(2)3/h6-11,13H,4-5,12H2,1-3H3/b11-8+. The van der Waals surface area contributed by atoms with E-state index >= 15 is 0 Å². The van der Waals surface area contributed by atoms with E-state index in [1.807, 2.05) is 38.1 Å². The molecule has 0 bridgehead atoms. The first-order valence-electron chi connectivity index (χ1n) is 6.73. The van der Waals surface area contributed by atoms with E-state index in [-0.39, 0.29) is 12.1 Å². The summed E-state index contributed by atoms with van der Waals surface area (Å²) < 4.78 is 10.6. The molecule has 104 valence electrons. The van der Waals surface area contributed by atoms with Crippen LogP contribution in [0.5, 0.6) is 5.75 Å². The highest BCUT2D eigenvalue weighted by Crippen LogP contribution is 2.13. The van der Waals surface area contributed by atoms with E-state index in [2.05, 4.69) is 6.92 Å². The minimum atomic E-state index is -0.321. The fourth-order valence-electron chi connectivity index (χ4n) is 1.45. The molecule has 1 aromatic carbocycles. The zero-order valence-corrected chi connectivity index (χ0v) is 11.9. The molecule has 0 unspecified atom stereocenters. The Morgan fingerprint density at radius 1 is 1.26 bits per heavy atom. The van der Waals surface area contributed by atoms with Gasteiger partial charge in [0.25, 0.3) is 0 Å². The minimum absolute atomic E-state index is 0.0912. The van der Waals surface area contributed by atoms with E-state index in [0.29, 0.717) is 0 Å². The van der Waals surface area contributed by atoms with Crippen LogP contribution in [0.15, 0.2) is 30.3 Å². The molecule has 3 nitrogen and oxygen atoms in total. The Bertz CT molecular complexity index is 405. The third-order valence-corrected chi connectivity index (χ3v) is 2.41. The molecular weight excluding hydrogens is 240 g/mol. The molecule has 0 heterocycles. The Labute approximate surface area is 115 Å². The summed E-state index contributed by atoms with van der Waals surface area (Å²) in [5.41, 5.74) is 0.948. The highest BCUT2D eigenvalue weighted by atomic mass is 16.5. The smallest absolute Gasteiger partial charge is 0.331 e. The summed E-state index contributed by atoms with van der Waals surface area (Å²) in [6, 6.07) is 7.65. The van der Waals surface area contributed by atoms with Gasteiger partial charge in [0.1, 0.15) is 5.75 Å². The van der Waals surface area contributed by atoms with Crippen LogP contribution in [-0.4, -0.2) is 18.7 Å². The molecule has 0 atom stereocenters. The average Bonchev–Trinajstić information content (AvgIpc) is 2.37. The highest BCUT2D eigenvalue weighted by molar-refractivity contribution is 5.87. The first kappa shape index (κ1) is 15.3. The quantitative estimate of drug-likeness (QED) is 0.425. The summed E-state index contributed by atoms with van der Waals surface area (Å²) in [5.74, 6) is 0.536. The van der Waals surface area contributed by atoms with Gasteiger partial charge in [0, 0.05) is 6.08 Å². The van der Waals surface area contributed by atoms with E-state index in [1.165, 1.54) is 6.08 Å². The summed E-state index contributed by atoms with van der Waals surface area (Å²) >= 11 is 0. The maximum Gasteiger partial charge on any atom is 0.331 e. The molecule has 0 radical (unpaired) electrons. The van der Waals surface area contributed by atoms with Gasteiger partial charge in [-0.15, -0.1) is 0 Å². The molecule has 0 spiro atoms. The number of benzene rings is 1. The highest BCUT2D eigenvalue weighted by Gasteiger charge is 2.00. The van der Waals surface area contributed by atoms with Crippen molar-refractivity contribution in [3.63, 3.8) is 0 Å². The van der Waals surface area contributed by atoms with Crippen molar-refractivity contribution < 1.29 is 14.3 Å². The second-order valence-electron chi connectivity index (χ2n) is 4.59. The third-order valence-electron chi connectivity index (χ3n) is 2.41. The van der Waals surface area contributed by atoms with E-state index in [0.717, 1.165) is 30.8 Å². The molecule has 0 aliphatic rings. The first-order chi connectivity index (χ1) is 9.11. The van der Waals surface area contributed by atoms with Gasteiger partial charge in [-0.25, -0.2) is 4.79 Å². The van der Waals surface area contributed by atoms with Gasteiger partial charge in [-0.1, -0.05) is 25.5 Å². The molecule has 0 N–H and O–H groups in total. The van der Waals surface area contributed by atoms with Crippen LogP contribution in [0.3, 0.4) is 0 Å². The zero-order valence-electron chi connectivity index (χ0n) is 11.9. The Kier molecular flexibility index (Phi) is 6.72. The van der Waals surface area contributed by atoms with Crippen molar-refractivity contribution in [2.75, 3.05) is 6.61 Å². The van der Waals surface area contributed by atoms with Crippen molar-refractivity contribution in [1.29, 1.82) is 0 Å². The minimum Gasteiger partial charge on any atom is -0.494 e. The molecule has 3 heteroatoms. The molecule has 0 aliphatic carbocycles. The number of carbonyl (C=O) groups excluding carboxylic acids is 1. The van der Waals surface area contributed by atoms with Crippen LogP contribution in [0.4, 0.5) is 0 Å². The topological polar surface area (TPSA) is 35.5 Å². The Balaban J connectivity index is 2.47. The number of unbranched alkanes of at least 4 members (excludes halogenated alkanes) is 1. The summed E-state index contributed by atoms with van der Waals surface area (Å²) in [6.45, 7) is 6.53. The largest absolute Gasteiger partial charge is 0.494 e. The summed E-state index contributed by atoms with van der Waals surface area (Å²) in [6.07, 6.45) is 5.26. The Morgan fingerprint density at radius 3 is 2.53 bits per heavy atom. The van der Waals surface area contributed by atoms with E-state index in [1.54, 1.807) is 6.08 Å². The fourth-order valence-corrected chi connectivity index (χ4v) is 1.45. The number of carbonyl (C=O) groups is 1. The molecule has 0 saturated carbocycles. The normalized spacial score (nSPS) is 10.9. The van der Waals surface area contributed by atoms with Crippen LogP contribution < -0.4 is 4.74 Å². The Hall–Kier alpha value is -1.77. The van der Waals surface area contributed by atoms with Crippen molar-refractivity contribution >= 4 is 12.0 Å². The van der Waals surface area contributed by atoms with E-state index < -0.39 is 0 Å². The van der Waals surface area contributed by atoms with Crippen LogP contribution >= 0.6 is 0 Å². The predicted octanol–water partition coefficient (Wildman–Crippen LogP) is 3.83. The van der Waals surface area contributed by atoms with Crippen LogP contribution in [0, 0.1) is 0 Å². The van der Waals surface area contributed by atoms with Crippen LogP contribution in [0.25, 0.3) is 6.08 Å². The van der Waals surface area contributed by atoms with Crippen LogP contribution in [-0.2, 0) is 9.53 Å². The maximum atomic E-state index is 11.3. The molecule has 1 rings (SSSR count). The molecular formula is C16H22O3. The molecule has 0 saturated heterocycles. The maximum absolute atomic E-state index is 11.3. The monoisotopic (exact) mass is 262 g/mol. The molecule has 0 fully saturated rings. The third kappa shape index (κ3) is 6.65. The number of ether oxygens (including phenoxy) is 2. The lowest BCUT2D eigenvalue weighted by Crippen LogP contribution is -2.08.